The lowest BCUT2D eigenvalue weighted by Gasteiger charge is -2.43. The number of benzene rings is 3. The summed E-state index contributed by atoms with van der Waals surface area (Å²) in [5.41, 5.74) is 9.89. The average molecular weight is 1180 g/mol. The van der Waals surface area contributed by atoms with Gasteiger partial charge in [0.1, 0.15) is 30.3 Å². The number of allylic oxidation sites excluding steroid dienone is 2. The van der Waals surface area contributed by atoms with E-state index in [2.05, 4.69) is 97.4 Å². The highest BCUT2D eigenvalue weighted by atomic mass is 31.3. The van der Waals surface area contributed by atoms with E-state index in [9.17, 15) is 52.9 Å². The van der Waals surface area contributed by atoms with Crippen LogP contribution in [0.1, 0.15) is 105 Å². The number of aromatic nitrogens is 4. The molecule has 6 atom stereocenters. The van der Waals surface area contributed by atoms with Crippen LogP contribution in [0.2, 0.25) is 0 Å². The Morgan fingerprint density at radius 3 is 2.27 bits per heavy atom. The number of hydrogen-bond donors (Lipinski definition) is 10. The molecule has 0 spiro atoms. The van der Waals surface area contributed by atoms with Crippen molar-refractivity contribution >= 4 is 81.0 Å². The molecule has 81 heavy (non-hydrogen) atoms. The monoisotopic (exact) mass is 1180 g/mol. The van der Waals surface area contributed by atoms with Crippen LogP contribution in [0.25, 0.3) is 27.9 Å². The molecular weight excluding hydrogens is 1120 g/mol. The van der Waals surface area contributed by atoms with Crippen LogP contribution in [0.3, 0.4) is 0 Å². The van der Waals surface area contributed by atoms with Crippen LogP contribution in [0.15, 0.2) is 65.7 Å². The van der Waals surface area contributed by atoms with Crippen molar-refractivity contribution in [1.29, 1.82) is 0 Å². The van der Waals surface area contributed by atoms with E-state index >= 15 is 0 Å². The number of nitrogens with zero attached hydrogens (tertiary/aromatic N) is 5. The number of hydrogen-bond acceptors (Lipinski definition) is 18. The maximum Gasteiger partial charge on any atom is 0.490 e. The summed E-state index contributed by atoms with van der Waals surface area (Å²) >= 11 is 0. The molecular formula is C50H59N9O19P3+. The van der Waals surface area contributed by atoms with E-state index in [1.807, 2.05) is 38.1 Å². The van der Waals surface area contributed by atoms with Gasteiger partial charge in [0.2, 0.25) is 11.3 Å². The van der Waals surface area contributed by atoms with Gasteiger partial charge in [-0.2, -0.15) is 13.6 Å². The standard InChI is InChI=1S/C50H58N9O19P3/c1-9-58-33-18-35-31(16-28(33)24(3)20-49(58,5)6)38(32-17-29-25(4)21-50(7,8)59(10-2)34(29)19-36(32)74-35)30-15-26(11-12-27(30)46(63)64)43(61)52-13-14-53-48(65)76-41-37(22-73-80(69,70)78-81(71,72)77-79(66,67)68)75-45(40(41)60)57-23-54-39-42(57)55-47(51)56-44(39)62/h11-12,15-21,23,37,40-41,45,60H,9-10,13-14,22H2,1-8H3,(H9-,51,52,53,55,56,61,62,63,64,65,66,67,68,69,70,71,72)/p+1/t37-,40-,41-,45-/m1/s1. The zero-order chi connectivity index (χ0) is 59.1. The first-order valence-corrected chi connectivity index (χ1v) is 29.7. The second-order valence-corrected chi connectivity index (χ2v) is 24.9. The zero-order valence-electron chi connectivity index (χ0n) is 44.8. The Hall–Kier alpha value is -6.90. The Morgan fingerprint density at radius 2 is 1.59 bits per heavy atom. The molecule has 0 radical (unpaired) electrons. The topological polar surface area (TPSA) is 399 Å². The number of nitrogens with one attached hydrogen (secondary N) is 3. The molecule has 9 rings (SSSR count). The van der Waals surface area contributed by atoms with Crippen molar-refractivity contribution in [2.75, 3.05) is 43.4 Å². The number of nitrogen functional groups attached to an aromatic ring is 1. The molecule has 5 aromatic rings. The number of ether oxygens (including phenoxy) is 3. The van der Waals surface area contributed by atoms with Crippen LogP contribution in [0, 0.1) is 0 Å². The number of alkyl carbamates (subject to hydrolysis) is 1. The molecule has 28 nitrogen and oxygen atoms in total. The molecule has 11 N–H and O–H groups in total. The maximum atomic E-state index is 14.1. The number of nitrogens with two attached hydrogens (primary N) is 1. The van der Waals surface area contributed by atoms with Crippen LogP contribution < -0.4 is 46.7 Å². The summed E-state index contributed by atoms with van der Waals surface area (Å²) in [5, 5.41) is 28.9. The fourth-order valence-electron chi connectivity index (χ4n) is 11.0. The van der Waals surface area contributed by atoms with E-state index in [0.717, 1.165) is 44.2 Å². The molecule has 1 fully saturated rings. The molecule has 0 saturated carbocycles. The number of rotatable bonds is 17. The number of aliphatic hydroxyl groups excluding tert-OH is 1. The first-order chi connectivity index (χ1) is 37.8. The molecule has 2 amide bonds. The molecule has 432 valence electrons. The number of carboxylic acid groups (broad SMARTS) is 1. The number of amides is 2. The number of fused-ring (bicyclic) bond motifs is 5. The number of aromatic amines is 1. The van der Waals surface area contributed by atoms with Crippen molar-refractivity contribution in [3.8, 4) is 11.5 Å². The Kier molecular flexibility index (Phi) is 15.6. The predicted molar refractivity (Wildman–Crippen MR) is 290 cm³/mol. The van der Waals surface area contributed by atoms with Gasteiger partial charge in [0.15, 0.2) is 29.0 Å². The van der Waals surface area contributed by atoms with Crippen LogP contribution >= 0.6 is 23.5 Å². The quantitative estimate of drug-likeness (QED) is 0.0354. The highest BCUT2D eigenvalue weighted by molar-refractivity contribution is 7.66. The summed E-state index contributed by atoms with van der Waals surface area (Å²) in [4.78, 5) is 103. The molecule has 4 aliphatic rings. The van der Waals surface area contributed by atoms with Crippen molar-refractivity contribution in [2.45, 2.75) is 91.0 Å². The fraction of sp³-hybridized carbons (Fsp3) is 0.380. The van der Waals surface area contributed by atoms with Gasteiger partial charge in [-0.1, -0.05) is 6.08 Å². The summed E-state index contributed by atoms with van der Waals surface area (Å²) in [7, 11) is -17.5. The number of phosphoric ester groups is 1. The summed E-state index contributed by atoms with van der Waals surface area (Å²) in [6, 6.07) is 12.2. The summed E-state index contributed by atoms with van der Waals surface area (Å²) in [6.07, 6.45) is -3.05. The highest BCUT2D eigenvalue weighted by Gasteiger charge is 2.50. The first-order valence-electron chi connectivity index (χ1n) is 25.1. The summed E-state index contributed by atoms with van der Waals surface area (Å²) < 4.78 is 69.5. The number of phosphoric acid groups is 3. The number of likely N-dealkylation sites (N-methyl/N-ethyl adjacent to an activating group) is 2. The van der Waals surface area contributed by atoms with Gasteiger partial charge in [-0.3, -0.25) is 23.7 Å². The zero-order valence-corrected chi connectivity index (χ0v) is 47.4. The van der Waals surface area contributed by atoms with Gasteiger partial charge < -0.3 is 65.3 Å². The second-order valence-electron chi connectivity index (χ2n) is 20.5. The number of imidazole rings is 1. The van der Waals surface area contributed by atoms with Crippen molar-refractivity contribution in [3.05, 3.63) is 115 Å². The van der Waals surface area contributed by atoms with E-state index in [-0.39, 0.29) is 58.0 Å². The normalized spacial score (nSPS) is 21.3. The molecule has 31 heteroatoms. The SMILES string of the molecule is CCN1c2cc3c(cc2C(C)=CC1(C)C)C(c1cc(C(=O)NCCNC(=O)O[C@H]2[C@@H](O)[C@H](n4cnc5c(=O)[nH]c(N)nc54)O[C@@H]2COP(=O)(O)OP(=O)(O)OP(=O)(O)O)ccc1C(=O)O)=c1cc2c(cc1O3)=[N+](CC)C(C)(C)C=C2C. The number of anilines is 2. The van der Waals surface area contributed by atoms with Gasteiger partial charge in [-0.15, -0.1) is 0 Å². The molecule has 1 saturated heterocycles. The van der Waals surface area contributed by atoms with Crippen molar-refractivity contribution in [1.82, 2.24) is 34.7 Å². The van der Waals surface area contributed by atoms with Crippen molar-refractivity contribution < 1.29 is 85.2 Å². The first kappa shape index (κ1) is 58.7. The van der Waals surface area contributed by atoms with Gasteiger partial charge in [0.05, 0.1) is 30.1 Å². The number of aromatic carboxylic acids is 1. The third kappa shape index (κ3) is 11.7. The minimum atomic E-state index is -5.96. The van der Waals surface area contributed by atoms with Crippen LogP contribution in [-0.4, -0.2) is 129 Å². The van der Waals surface area contributed by atoms with Crippen LogP contribution in [-0.2, 0) is 36.3 Å². The number of carbonyl (C=O) groups is 3. The Balaban J connectivity index is 0.987. The molecule has 0 aliphatic carbocycles. The number of aliphatic hydroxyl groups is 1. The molecule has 2 unspecified atom stereocenters. The third-order valence-corrected chi connectivity index (χ3v) is 17.9. The van der Waals surface area contributed by atoms with Crippen molar-refractivity contribution in [2.24, 2.45) is 0 Å². The Labute approximate surface area is 460 Å². The second kappa shape index (κ2) is 21.5. The Bertz CT molecular complexity index is 3890. The Morgan fingerprint density at radius 1 is 0.889 bits per heavy atom. The molecule has 6 heterocycles. The fourth-order valence-corrected chi connectivity index (χ4v) is 14.0. The van der Waals surface area contributed by atoms with Gasteiger partial charge >= 0.3 is 35.5 Å². The third-order valence-electron chi connectivity index (χ3n) is 14.1. The highest BCUT2D eigenvalue weighted by Crippen LogP contribution is 2.66. The predicted octanol–water partition coefficient (Wildman–Crippen LogP) is 3.61. The number of carboxylic acids is 1. The molecule has 0 bridgehead atoms. The maximum absolute atomic E-state index is 14.1. The summed E-state index contributed by atoms with van der Waals surface area (Å²) in [5.74, 6) is -1.31. The summed E-state index contributed by atoms with van der Waals surface area (Å²) in [6.45, 7) is 16.3. The van der Waals surface area contributed by atoms with E-state index in [0.29, 0.717) is 40.9 Å². The largest absolute Gasteiger partial charge is 0.490 e. The van der Waals surface area contributed by atoms with E-state index in [1.54, 1.807) is 0 Å². The van der Waals surface area contributed by atoms with E-state index in [4.69, 9.17) is 34.3 Å². The number of carbonyl (C=O) groups excluding carboxylic acids is 2. The lowest BCUT2D eigenvalue weighted by atomic mass is 9.83. The smallest absolute Gasteiger partial charge is 0.478 e. The van der Waals surface area contributed by atoms with Gasteiger partial charge in [0.25, 0.3) is 11.5 Å². The minimum absolute atomic E-state index is 0.0573. The van der Waals surface area contributed by atoms with Gasteiger partial charge in [0, 0.05) is 78.3 Å². The lowest BCUT2D eigenvalue weighted by molar-refractivity contribution is -0.0508. The van der Waals surface area contributed by atoms with Gasteiger partial charge in [-0.25, -0.2) is 32.8 Å². The molecule has 2 aromatic heterocycles. The van der Waals surface area contributed by atoms with Crippen LogP contribution in [0.5, 0.6) is 11.5 Å². The molecule has 4 aliphatic heterocycles. The van der Waals surface area contributed by atoms with E-state index in [1.165, 1.54) is 18.2 Å². The average Bonchev–Trinajstić information content (AvgIpc) is 3.95. The van der Waals surface area contributed by atoms with E-state index < -0.39 is 78.1 Å². The van der Waals surface area contributed by atoms with Gasteiger partial charge in [-0.05, 0) is 94.7 Å². The van der Waals surface area contributed by atoms with Crippen LogP contribution in [0.4, 0.5) is 16.4 Å². The van der Waals surface area contributed by atoms with Crippen molar-refractivity contribution in [3.63, 3.8) is 0 Å². The minimum Gasteiger partial charge on any atom is -0.478 e. The lowest BCUT2D eigenvalue weighted by Crippen LogP contribution is -2.49. The molecule has 3 aromatic carbocycles. The number of H-pyrrole nitrogens is 1.